The summed E-state index contributed by atoms with van der Waals surface area (Å²) in [7, 11) is -3.85. The minimum absolute atomic E-state index is 0.0832. The van der Waals surface area contributed by atoms with Gasteiger partial charge in [0.25, 0.3) is 0 Å². The Labute approximate surface area is 129 Å². The second-order valence-corrected chi connectivity index (χ2v) is 8.20. The highest BCUT2D eigenvalue weighted by molar-refractivity contribution is 7.89. The van der Waals surface area contributed by atoms with Gasteiger partial charge in [-0.2, -0.15) is 4.31 Å². The van der Waals surface area contributed by atoms with Crippen LogP contribution in [0.2, 0.25) is 5.02 Å². The van der Waals surface area contributed by atoms with Crippen LogP contribution in [0.5, 0.6) is 0 Å². The summed E-state index contributed by atoms with van der Waals surface area (Å²) < 4.78 is 41.1. The van der Waals surface area contributed by atoms with E-state index >= 15 is 0 Å². The number of hydrogen-bond donors (Lipinski definition) is 1. The third-order valence-corrected chi connectivity index (χ3v) is 6.66. The SMILES string of the molecule is NCc1cc(Cl)cc(S(=O)(=O)N2CC3CCCC3C2)c1F. The van der Waals surface area contributed by atoms with E-state index in [-0.39, 0.29) is 22.0 Å². The Morgan fingerprint density at radius 1 is 1.29 bits per heavy atom. The molecule has 1 saturated heterocycles. The van der Waals surface area contributed by atoms with Crippen LogP contribution in [-0.4, -0.2) is 25.8 Å². The molecule has 2 atom stereocenters. The van der Waals surface area contributed by atoms with Gasteiger partial charge in [-0.25, -0.2) is 12.8 Å². The summed E-state index contributed by atoms with van der Waals surface area (Å²) in [6.45, 7) is 0.883. The van der Waals surface area contributed by atoms with Gasteiger partial charge in [0.1, 0.15) is 10.7 Å². The Kier molecular flexibility index (Phi) is 3.98. The second kappa shape index (κ2) is 5.50. The lowest BCUT2D eigenvalue weighted by molar-refractivity contribution is 0.440. The first-order chi connectivity index (χ1) is 9.93. The Bertz CT molecular complexity index is 653. The van der Waals surface area contributed by atoms with Crippen molar-refractivity contribution in [2.45, 2.75) is 30.7 Å². The number of sulfonamides is 1. The lowest BCUT2D eigenvalue weighted by Gasteiger charge is -2.18. The number of fused-ring (bicyclic) bond motifs is 1. The lowest BCUT2D eigenvalue weighted by Crippen LogP contribution is -2.30. The van der Waals surface area contributed by atoms with Crippen molar-refractivity contribution in [3.8, 4) is 0 Å². The van der Waals surface area contributed by atoms with Gasteiger partial charge in [0.05, 0.1) is 0 Å². The minimum Gasteiger partial charge on any atom is -0.326 e. The molecule has 0 amide bonds. The monoisotopic (exact) mass is 332 g/mol. The maximum Gasteiger partial charge on any atom is 0.246 e. The van der Waals surface area contributed by atoms with Crippen LogP contribution in [0.15, 0.2) is 17.0 Å². The van der Waals surface area contributed by atoms with Crippen molar-refractivity contribution in [2.75, 3.05) is 13.1 Å². The van der Waals surface area contributed by atoms with Gasteiger partial charge in [0.15, 0.2) is 0 Å². The van der Waals surface area contributed by atoms with Gasteiger partial charge >= 0.3 is 0 Å². The molecule has 2 unspecified atom stereocenters. The molecule has 1 saturated carbocycles. The standard InChI is InChI=1S/C14H18ClFN2O2S/c15-12-4-11(6-17)14(16)13(5-12)21(19,20)18-7-9-2-1-3-10(9)8-18/h4-5,9-10H,1-3,6-8,17H2. The van der Waals surface area contributed by atoms with Crippen molar-refractivity contribution in [2.24, 2.45) is 17.6 Å². The molecule has 1 aromatic carbocycles. The van der Waals surface area contributed by atoms with E-state index in [4.69, 9.17) is 17.3 Å². The quantitative estimate of drug-likeness (QED) is 0.924. The third-order valence-electron chi connectivity index (χ3n) is 4.61. The predicted octanol–water partition coefficient (Wildman–Crippen LogP) is 2.36. The van der Waals surface area contributed by atoms with E-state index in [1.54, 1.807) is 0 Å². The topological polar surface area (TPSA) is 63.4 Å². The van der Waals surface area contributed by atoms with E-state index in [9.17, 15) is 12.8 Å². The molecular formula is C14H18ClFN2O2S. The molecule has 2 aliphatic rings. The molecule has 1 aromatic rings. The highest BCUT2D eigenvalue weighted by Crippen LogP contribution is 2.40. The highest BCUT2D eigenvalue weighted by Gasteiger charge is 2.42. The Hall–Kier alpha value is -0.690. The Morgan fingerprint density at radius 2 is 1.90 bits per heavy atom. The molecule has 1 aliphatic heterocycles. The first-order valence-electron chi connectivity index (χ1n) is 7.11. The summed E-state index contributed by atoms with van der Waals surface area (Å²) in [5.41, 5.74) is 5.58. The van der Waals surface area contributed by atoms with E-state index in [2.05, 4.69) is 0 Å². The van der Waals surface area contributed by atoms with Crippen molar-refractivity contribution in [1.82, 2.24) is 4.31 Å². The van der Waals surface area contributed by atoms with Gasteiger partial charge in [-0.05, 0) is 36.8 Å². The summed E-state index contributed by atoms with van der Waals surface area (Å²) in [5, 5.41) is 0.190. The van der Waals surface area contributed by atoms with Crippen LogP contribution in [-0.2, 0) is 16.6 Å². The first-order valence-corrected chi connectivity index (χ1v) is 8.93. The molecular weight excluding hydrogens is 315 g/mol. The number of halogens is 2. The molecule has 2 N–H and O–H groups in total. The molecule has 21 heavy (non-hydrogen) atoms. The van der Waals surface area contributed by atoms with Crippen molar-refractivity contribution < 1.29 is 12.8 Å². The fourth-order valence-electron chi connectivity index (χ4n) is 3.48. The number of nitrogens with zero attached hydrogens (tertiary/aromatic N) is 1. The Morgan fingerprint density at radius 3 is 2.48 bits per heavy atom. The fraction of sp³-hybridized carbons (Fsp3) is 0.571. The number of nitrogens with two attached hydrogens (primary N) is 1. The van der Waals surface area contributed by atoms with Crippen molar-refractivity contribution in [3.05, 3.63) is 28.5 Å². The van der Waals surface area contributed by atoms with E-state index in [1.165, 1.54) is 16.4 Å². The van der Waals surface area contributed by atoms with Crippen LogP contribution in [0.4, 0.5) is 4.39 Å². The van der Waals surface area contributed by atoms with Crippen LogP contribution < -0.4 is 5.73 Å². The minimum atomic E-state index is -3.85. The second-order valence-electron chi connectivity index (χ2n) is 5.85. The number of benzene rings is 1. The molecule has 2 fully saturated rings. The average molecular weight is 333 g/mol. The van der Waals surface area contributed by atoms with Crippen LogP contribution >= 0.6 is 11.6 Å². The van der Waals surface area contributed by atoms with Crippen LogP contribution in [0.1, 0.15) is 24.8 Å². The molecule has 0 bridgehead atoms. The fourth-order valence-corrected chi connectivity index (χ4v) is 5.47. The number of rotatable bonds is 3. The summed E-state index contributed by atoms with van der Waals surface area (Å²) in [6.07, 6.45) is 3.28. The molecule has 0 spiro atoms. The average Bonchev–Trinajstić information content (AvgIpc) is 3.01. The maximum atomic E-state index is 14.3. The third kappa shape index (κ3) is 2.59. The van der Waals surface area contributed by atoms with Gasteiger partial charge in [0, 0.05) is 30.2 Å². The van der Waals surface area contributed by atoms with Gasteiger partial charge in [-0.1, -0.05) is 18.0 Å². The van der Waals surface area contributed by atoms with E-state index in [0.717, 1.165) is 19.3 Å². The summed E-state index contributed by atoms with van der Waals surface area (Å²) >= 11 is 5.90. The zero-order valence-corrected chi connectivity index (χ0v) is 13.1. The zero-order chi connectivity index (χ0) is 15.2. The normalized spacial score (nSPS) is 26.2. The van der Waals surface area contributed by atoms with Crippen LogP contribution in [0.3, 0.4) is 0 Å². The van der Waals surface area contributed by atoms with Crippen molar-refractivity contribution >= 4 is 21.6 Å². The molecule has 3 rings (SSSR count). The first kappa shape index (κ1) is 15.2. The largest absolute Gasteiger partial charge is 0.326 e. The predicted molar refractivity (Wildman–Crippen MR) is 78.9 cm³/mol. The van der Waals surface area contributed by atoms with Crippen LogP contribution in [0.25, 0.3) is 0 Å². The molecule has 1 heterocycles. The molecule has 0 aromatic heterocycles. The molecule has 4 nitrogen and oxygen atoms in total. The van der Waals surface area contributed by atoms with Crippen molar-refractivity contribution in [3.63, 3.8) is 0 Å². The molecule has 1 aliphatic carbocycles. The summed E-state index contributed by atoms with van der Waals surface area (Å²) in [6, 6.07) is 2.55. The molecule has 0 radical (unpaired) electrons. The number of hydrogen-bond acceptors (Lipinski definition) is 3. The summed E-state index contributed by atoms with van der Waals surface area (Å²) in [4.78, 5) is -0.351. The zero-order valence-electron chi connectivity index (χ0n) is 11.6. The van der Waals surface area contributed by atoms with Crippen molar-refractivity contribution in [1.29, 1.82) is 0 Å². The molecule has 7 heteroatoms. The van der Waals surface area contributed by atoms with E-state index in [1.807, 2.05) is 0 Å². The molecule has 116 valence electrons. The van der Waals surface area contributed by atoms with Gasteiger partial charge in [-0.15, -0.1) is 0 Å². The van der Waals surface area contributed by atoms with Crippen LogP contribution in [0, 0.1) is 17.7 Å². The lowest BCUT2D eigenvalue weighted by atomic mass is 10.0. The van der Waals surface area contributed by atoms with Gasteiger partial charge in [0.2, 0.25) is 10.0 Å². The van der Waals surface area contributed by atoms with E-state index < -0.39 is 15.8 Å². The maximum absolute atomic E-state index is 14.3. The Balaban J connectivity index is 1.97. The van der Waals surface area contributed by atoms with Gasteiger partial charge in [-0.3, -0.25) is 0 Å². The van der Waals surface area contributed by atoms with E-state index in [0.29, 0.717) is 24.9 Å². The smallest absolute Gasteiger partial charge is 0.246 e. The van der Waals surface area contributed by atoms with Gasteiger partial charge < -0.3 is 5.73 Å². The highest BCUT2D eigenvalue weighted by atomic mass is 35.5. The summed E-state index contributed by atoms with van der Waals surface area (Å²) in [5.74, 6) is 0.0472.